The van der Waals surface area contributed by atoms with Gasteiger partial charge in [0.1, 0.15) is 5.01 Å². The Balaban J connectivity index is 2.42. The molecule has 0 spiro atoms. The molecule has 0 atom stereocenters. The first-order valence-electron chi connectivity index (χ1n) is 8.29. The van der Waals surface area contributed by atoms with Gasteiger partial charge >= 0.3 is 0 Å². The van der Waals surface area contributed by atoms with E-state index in [0.717, 1.165) is 11.3 Å². The maximum Gasteiger partial charge on any atom is 0.124 e. The highest BCUT2D eigenvalue weighted by molar-refractivity contribution is 9.10. The van der Waals surface area contributed by atoms with Crippen molar-refractivity contribution in [3.8, 4) is 10.6 Å². The Morgan fingerprint density at radius 1 is 1.06 bits per heavy atom. The summed E-state index contributed by atoms with van der Waals surface area (Å²) in [7, 11) is 0. The molecule has 16 heavy (non-hydrogen) atoms. The van der Waals surface area contributed by atoms with Crippen LogP contribution in [-0.4, -0.2) is 4.98 Å². The minimum absolute atomic E-state index is 0.0495. The lowest BCUT2D eigenvalue weighted by Gasteiger charge is -1.92. The number of hydrogen-bond acceptors (Lipinski definition) is 2. The first kappa shape index (κ1) is 4.59. The highest BCUT2D eigenvalue weighted by Gasteiger charge is 2.07. The number of nitrogens with zero attached hydrogens (tertiary/aromatic N) is 1. The maximum absolute atomic E-state index is 8.00. The summed E-state index contributed by atoms with van der Waals surface area (Å²) in [6.07, 6.45) is 0. The molecule has 0 aliphatic heterocycles. The number of hydrogen-bond donors (Lipinski definition) is 0. The van der Waals surface area contributed by atoms with Gasteiger partial charge in [0.05, 0.1) is 21.2 Å². The molecule has 0 radical (unpaired) electrons. The Bertz CT molecular complexity index is 942. The van der Waals surface area contributed by atoms with Gasteiger partial charge in [0, 0.05) is 10.0 Å². The highest BCUT2D eigenvalue weighted by Crippen LogP contribution is 2.33. The number of rotatable bonds is 1. The summed E-state index contributed by atoms with van der Waals surface area (Å²) in [5.41, 5.74) is 0.222. The maximum atomic E-state index is 8.00. The van der Waals surface area contributed by atoms with E-state index in [4.69, 9.17) is 11.0 Å². The van der Waals surface area contributed by atoms with Crippen LogP contribution in [0.15, 0.2) is 52.8 Å². The molecule has 2 aromatic carbocycles. The van der Waals surface area contributed by atoms with Gasteiger partial charge in [-0.15, -0.1) is 11.3 Å². The van der Waals surface area contributed by atoms with Gasteiger partial charge in [-0.2, -0.15) is 0 Å². The molecule has 0 aliphatic carbocycles. The second-order valence-corrected chi connectivity index (χ2v) is 4.68. The molecule has 0 N–H and O–H groups in total. The third-order valence-corrected chi connectivity index (χ3v) is 3.46. The van der Waals surface area contributed by atoms with E-state index in [9.17, 15) is 0 Å². The lowest BCUT2D eigenvalue weighted by Crippen LogP contribution is -1.74. The lowest BCUT2D eigenvalue weighted by molar-refractivity contribution is 1.46. The zero-order valence-electron chi connectivity index (χ0n) is 15.7. The predicted molar refractivity (Wildman–Crippen MR) is 72.8 cm³/mol. The number of halogens is 1. The van der Waals surface area contributed by atoms with E-state index in [-0.39, 0.29) is 50.8 Å². The van der Waals surface area contributed by atoms with Crippen LogP contribution < -0.4 is 0 Å². The van der Waals surface area contributed by atoms with Crippen LogP contribution >= 0.6 is 27.3 Å². The van der Waals surface area contributed by atoms with Crippen LogP contribution in [0.4, 0.5) is 0 Å². The zero-order valence-corrected chi connectivity index (χ0v) is 10.1. The predicted octanol–water partition coefficient (Wildman–Crippen LogP) is 4.73. The van der Waals surface area contributed by atoms with Crippen LogP contribution in [0.1, 0.15) is 11.0 Å². The third kappa shape index (κ3) is 1.66. The van der Waals surface area contributed by atoms with Crippen LogP contribution in [-0.2, 0) is 0 Å². The van der Waals surface area contributed by atoms with Gasteiger partial charge in [0.25, 0.3) is 0 Å². The van der Waals surface area contributed by atoms with Crippen molar-refractivity contribution in [3.05, 3.63) is 52.8 Å². The number of benzene rings is 2. The second kappa shape index (κ2) is 4.00. The van der Waals surface area contributed by atoms with Crippen molar-refractivity contribution in [1.29, 1.82) is 0 Å². The Morgan fingerprint density at radius 3 is 2.69 bits per heavy atom. The van der Waals surface area contributed by atoms with E-state index >= 15 is 0 Å². The molecule has 0 bridgehead atoms. The van der Waals surface area contributed by atoms with Crippen molar-refractivity contribution in [3.63, 3.8) is 0 Å². The second-order valence-electron chi connectivity index (χ2n) is 2.89. The standard InChI is InChI=1S/C13H8BrNS/c14-10-7-4-8-11-12(10)15-13(16-11)9-5-2-1-3-6-9/h1-8H/i1D,2D,3D,4D,5D,6D,7D,8D. The molecular formula is C13H8BrNS. The van der Waals surface area contributed by atoms with Crippen LogP contribution in [0.2, 0.25) is 0 Å². The highest BCUT2D eigenvalue weighted by atomic mass is 79.9. The largest absolute Gasteiger partial charge is 0.235 e. The summed E-state index contributed by atoms with van der Waals surface area (Å²) in [5, 5.41) is 0.154. The van der Waals surface area contributed by atoms with E-state index in [0.29, 0.717) is 4.70 Å². The number of aromatic nitrogens is 1. The molecule has 0 saturated carbocycles. The molecule has 1 heterocycles. The van der Waals surface area contributed by atoms with Crippen molar-refractivity contribution in [2.45, 2.75) is 0 Å². The Labute approximate surface area is 117 Å². The van der Waals surface area contributed by atoms with Crippen LogP contribution in [0, 0.1) is 0 Å². The van der Waals surface area contributed by atoms with Gasteiger partial charge in [-0.25, -0.2) is 4.98 Å². The normalized spacial score (nSPS) is 17.8. The van der Waals surface area contributed by atoms with Gasteiger partial charge in [-0.3, -0.25) is 0 Å². The van der Waals surface area contributed by atoms with E-state index in [1.165, 1.54) is 0 Å². The Hall–Kier alpha value is -1.19. The summed E-state index contributed by atoms with van der Waals surface area (Å²) in [6, 6.07) is -2.76. The fraction of sp³-hybridized carbons (Fsp3) is 0. The average Bonchev–Trinajstić information content (AvgIpc) is 2.99. The molecule has 0 saturated heterocycles. The van der Waals surface area contributed by atoms with E-state index in [1.54, 1.807) is 0 Å². The van der Waals surface area contributed by atoms with E-state index in [1.807, 2.05) is 0 Å². The monoisotopic (exact) mass is 297 g/mol. The molecule has 1 nitrogen and oxygen atoms in total. The molecule has 1 aromatic heterocycles. The molecule has 3 rings (SSSR count). The average molecular weight is 298 g/mol. The van der Waals surface area contributed by atoms with Gasteiger partial charge in [-0.05, 0) is 28.0 Å². The van der Waals surface area contributed by atoms with E-state index < -0.39 is 18.1 Å². The van der Waals surface area contributed by atoms with Crippen molar-refractivity contribution in [1.82, 2.24) is 4.98 Å². The van der Waals surface area contributed by atoms with Crippen LogP contribution in [0.25, 0.3) is 20.8 Å². The summed E-state index contributed by atoms with van der Waals surface area (Å²) < 4.78 is 63.2. The summed E-state index contributed by atoms with van der Waals surface area (Å²) >= 11 is 4.15. The van der Waals surface area contributed by atoms with Gasteiger partial charge in [0.15, 0.2) is 0 Å². The van der Waals surface area contributed by atoms with Gasteiger partial charge < -0.3 is 0 Å². The fourth-order valence-electron chi connectivity index (χ4n) is 1.22. The lowest BCUT2D eigenvalue weighted by atomic mass is 10.2. The molecular weight excluding hydrogens is 282 g/mol. The topological polar surface area (TPSA) is 12.9 Å². The van der Waals surface area contributed by atoms with Gasteiger partial charge in [0.2, 0.25) is 0 Å². The summed E-state index contributed by atoms with van der Waals surface area (Å²) in [5.74, 6) is 0. The zero-order chi connectivity index (χ0) is 17.9. The van der Waals surface area contributed by atoms with Crippen molar-refractivity contribution >= 4 is 37.5 Å². The van der Waals surface area contributed by atoms with Crippen LogP contribution in [0.5, 0.6) is 0 Å². The van der Waals surface area contributed by atoms with Crippen molar-refractivity contribution in [2.24, 2.45) is 0 Å². The Kier molecular flexibility index (Phi) is 1.15. The number of thiazole rings is 1. The summed E-state index contributed by atoms with van der Waals surface area (Å²) in [6.45, 7) is 0. The number of fused-ring (bicyclic) bond motifs is 1. The smallest absolute Gasteiger partial charge is 0.124 e. The van der Waals surface area contributed by atoms with Crippen LogP contribution in [0.3, 0.4) is 0 Å². The van der Waals surface area contributed by atoms with Gasteiger partial charge in [-0.1, -0.05) is 36.3 Å². The third-order valence-electron chi connectivity index (χ3n) is 1.90. The SMILES string of the molecule is [2H]c1c([2H])c([2H])c(-c2nc3c(Br)c([2H])c([2H])c([2H])c3s2)c([2H])c1[2H]. The van der Waals surface area contributed by atoms with Crippen molar-refractivity contribution < 1.29 is 11.0 Å². The van der Waals surface area contributed by atoms with Crippen molar-refractivity contribution in [2.75, 3.05) is 0 Å². The minimum atomic E-state index is -0.487. The first-order chi connectivity index (χ1) is 11.2. The molecule has 3 aromatic rings. The molecule has 0 fully saturated rings. The molecule has 3 heteroatoms. The minimum Gasteiger partial charge on any atom is -0.235 e. The molecule has 0 amide bonds. The Morgan fingerprint density at radius 2 is 1.88 bits per heavy atom. The van der Waals surface area contributed by atoms with E-state index in [2.05, 4.69) is 20.9 Å². The fourth-order valence-corrected chi connectivity index (χ4v) is 2.62. The first-order valence-corrected chi connectivity index (χ1v) is 5.90. The molecule has 0 aliphatic rings. The summed E-state index contributed by atoms with van der Waals surface area (Å²) in [4.78, 5) is 4.26. The molecule has 0 unspecified atom stereocenters. The number of para-hydroxylation sites is 1. The molecule has 78 valence electrons. The quantitative estimate of drug-likeness (QED) is 0.633.